The van der Waals surface area contributed by atoms with Crippen LogP contribution in [0.5, 0.6) is 0 Å². The fourth-order valence-corrected chi connectivity index (χ4v) is 4.87. The number of alkyl halides is 3. The summed E-state index contributed by atoms with van der Waals surface area (Å²) in [5.74, 6) is -0.302. The van der Waals surface area contributed by atoms with Crippen molar-refractivity contribution in [2.45, 2.75) is 38.5 Å². The summed E-state index contributed by atoms with van der Waals surface area (Å²) >= 11 is 0. The summed E-state index contributed by atoms with van der Waals surface area (Å²) in [7, 11) is 0. The van der Waals surface area contributed by atoms with E-state index in [9.17, 15) is 18.0 Å². The second kappa shape index (κ2) is 10.2. The van der Waals surface area contributed by atoms with Crippen LogP contribution in [-0.2, 0) is 25.6 Å². The van der Waals surface area contributed by atoms with Crippen LogP contribution in [-0.4, -0.2) is 16.9 Å². The SMILES string of the molecule is Cc1cccc(C(=O)Nc2ccc3c(c2)CC(NCc2ccncc2)C3)c1-c1ccc(C(F)(F)F)cc1. The molecule has 1 amide bonds. The first-order valence-electron chi connectivity index (χ1n) is 12.1. The number of rotatable bonds is 6. The molecule has 1 aliphatic carbocycles. The average Bonchev–Trinajstić information content (AvgIpc) is 3.30. The summed E-state index contributed by atoms with van der Waals surface area (Å²) in [5.41, 5.74) is 6.01. The molecule has 2 N–H and O–H groups in total. The standard InChI is InChI=1S/C30H26F3N3O/c1-19-3-2-4-27(28(19)21-5-8-24(9-6-21)30(31,32)33)29(37)36-25-10-7-22-15-26(17-23(22)16-25)35-18-20-11-13-34-14-12-20/h2-14,16,26,35H,15,17-18H2,1H3,(H,36,37). The van der Waals surface area contributed by atoms with Crippen molar-refractivity contribution in [1.29, 1.82) is 0 Å². The molecule has 1 aliphatic rings. The number of aryl methyl sites for hydroxylation is 1. The zero-order chi connectivity index (χ0) is 26.0. The fourth-order valence-electron chi connectivity index (χ4n) is 4.87. The lowest BCUT2D eigenvalue weighted by molar-refractivity contribution is -0.137. The molecule has 37 heavy (non-hydrogen) atoms. The maximum absolute atomic E-state index is 13.3. The van der Waals surface area contributed by atoms with Crippen molar-refractivity contribution in [3.8, 4) is 11.1 Å². The maximum atomic E-state index is 13.3. The Labute approximate surface area is 213 Å². The molecule has 0 saturated heterocycles. The number of hydrogen-bond donors (Lipinski definition) is 2. The van der Waals surface area contributed by atoms with E-state index in [-0.39, 0.29) is 5.91 Å². The zero-order valence-corrected chi connectivity index (χ0v) is 20.3. The zero-order valence-electron chi connectivity index (χ0n) is 20.3. The van der Waals surface area contributed by atoms with Gasteiger partial charge in [0, 0.05) is 36.2 Å². The van der Waals surface area contributed by atoms with Gasteiger partial charge < -0.3 is 10.6 Å². The van der Waals surface area contributed by atoms with Crippen LogP contribution in [0.1, 0.15) is 38.2 Å². The third kappa shape index (κ3) is 5.57. The molecule has 0 bridgehead atoms. The van der Waals surface area contributed by atoms with E-state index in [1.54, 1.807) is 24.5 Å². The van der Waals surface area contributed by atoms with Gasteiger partial charge in [-0.05, 0) is 95.6 Å². The van der Waals surface area contributed by atoms with Crippen LogP contribution in [0.3, 0.4) is 0 Å². The molecule has 5 rings (SSSR count). The highest BCUT2D eigenvalue weighted by molar-refractivity contribution is 6.09. The lowest BCUT2D eigenvalue weighted by Gasteiger charge is -2.15. The highest BCUT2D eigenvalue weighted by atomic mass is 19.4. The van der Waals surface area contributed by atoms with E-state index in [4.69, 9.17) is 0 Å². The topological polar surface area (TPSA) is 54.0 Å². The van der Waals surface area contributed by atoms with Crippen molar-refractivity contribution in [1.82, 2.24) is 10.3 Å². The summed E-state index contributed by atoms with van der Waals surface area (Å²) < 4.78 is 39.1. The molecule has 3 aromatic carbocycles. The number of hydrogen-bond acceptors (Lipinski definition) is 3. The minimum absolute atomic E-state index is 0.302. The summed E-state index contributed by atoms with van der Waals surface area (Å²) in [5, 5.41) is 6.58. The molecular formula is C30H26F3N3O. The molecular weight excluding hydrogens is 475 g/mol. The summed E-state index contributed by atoms with van der Waals surface area (Å²) in [6.07, 6.45) is 0.945. The lowest BCUT2D eigenvalue weighted by atomic mass is 9.93. The summed E-state index contributed by atoms with van der Waals surface area (Å²) in [6, 6.07) is 20.5. The van der Waals surface area contributed by atoms with E-state index in [1.807, 2.05) is 43.3 Å². The molecule has 0 spiro atoms. The van der Waals surface area contributed by atoms with Crippen LogP contribution in [0.2, 0.25) is 0 Å². The summed E-state index contributed by atoms with van der Waals surface area (Å²) in [6.45, 7) is 2.61. The van der Waals surface area contributed by atoms with Crippen molar-refractivity contribution in [3.05, 3.63) is 119 Å². The second-order valence-corrected chi connectivity index (χ2v) is 9.35. The number of carbonyl (C=O) groups is 1. The quantitative estimate of drug-likeness (QED) is 0.314. The number of pyridine rings is 1. The molecule has 1 unspecified atom stereocenters. The molecule has 0 fully saturated rings. The first kappa shape index (κ1) is 24.7. The van der Waals surface area contributed by atoms with Gasteiger partial charge in [-0.25, -0.2) is 0 Å². The number of benzene rings is 3. The van der Waals surface area contributed by atoms with Crippen LogP contribution in [0.25, 0.3) is 11.1 Å². The van der Waals surface area contributed by atoms with Gasteiger partial charge in [-0.2, -0.15) is 13.2 Å². The van der Waals surface area contributed by atoms with E-state index < -0.39 is 11.7 Å². The average molecular weight is 502 g/mol. The number of aromatic nitrogens is 1. The molecule has 0 saturated carbocycles. The minimum atomic E-state index is -4.41. The number of anilines is 1. The Hall–Kier alpha value is -3.97. The first-order chi connectivity index (χ1) is 17.8. The Kier molecular flexibility index (Phi) is 6.80. The molecule has 1 heterocycles. The Bertz CT molecular complexity index is 1420. The predicted octanol–water partition coefficient (Wildman–Crippen LogP) is 6.59. The van der Waals surface area contributed by atoms with Crippen molar-refractivity contribution in [2.75, 3.05) is 5.32 Å². The molecule has 7 heteroatoms. The molecule has 0 radical (unpaired) electrons. The molecule has 4 aromatic rings. The van der Waals surface area contributed by atoms with Gasteiger partial charge in [0.2, 0.25) is 0 Å². The maximum Gasteiger partial charge on any atom is 0.416 e. The van der Waals surface area contributed by atoms with E-state index in [0.717, 1.165) is 37.1 Å². The number of carbonyl (C=O) groups excluding carboxylic acids is 1. The first-order valence-corrected chi connectivity index (χ1v) is 12.1. The third-order valence-electron chi connectivity index (χ3n) is 6.76. The summed E-state index contributed by atoms with van der Waals surface area (Å²) in [4.78, 5) is 17.4. The highest BCUT2D eigenvalue weighted by Crippen LogP contribution is 2.34. The lowest BCUT2D eigenvalue weighted by Crippen LogP contribution is -2.28. The van der Waals surface area contributed by atoms with Crippen molar-refractivity contribution in [2.24, 2.45) is 0 Å². The van der Waals surface area contributed by atoms with Crippen molar-refractivity contribution >= 4 is 11.6 Å². The normalized spacial score (nSPS) is 14.9. The fraction of sp³-hybridized carbons (Fsp3) is 0.200. The van der Waals surface area contributed by atoms with Gasteiger partial charge in [0.05, 0.1) is 5.56 Å². The number of amides is 1. The van der Waals surface area contributed by atoms with Crippen molar-refractivity contribution in [3.63, 3.8) is 0 Å². The van der Waals surface area contributed by atoms with E-state index in [2.05, 4.69) is 15.6 Å². The minimum Gasteiger partial charge on any atom is -0.322 e. The van der Waals surface area contributed by atoms with Gasteiger partial charge in [0.15, 0.2) is 0 Å². The number of nitrogens with zero attached hydrogens (tertiary/aromatic N) is 1. The molecule has 1 atom stereocenters. The number of fused-ring (bicyclic) bond motifs is 1. The van der Waals surface area contributed by atoms with E-state index in [1.165, 1.54) is 28.8 Å². The highest BCUT2D eigenvalue weighted by Gasteiger charge is 2.30. The molecule has 4 nitrogen and oxygen atoms in total. The number of nitrogens with one attached hydrogen (secondary N) is 2. The number of halogens is 3. The van der Waals surface area contributed by atoms with Crippen LogP contribution in [0, 0.1) is 6.92 Å². The molecule has 0 aliphatic heterocycles. The smallest absolute Gasteiger partial charge is 0.322 e. The largest absolute Gasteiger partial charge is 0.416 e. The Balaban J connectivity index is 1.31. The van der Waals surface area contributed by atoms with Gasteiger partial charge in [-0.1, -0.05) is 30.3 Å². The van der Waals surface area contributed by atoms with Crippen LogP contribution in [0.15, 0.2) is 85.2 Å². The Morgan fingerprint density at radius 2 is 1.68 bits per heavy atom. The Morgan fingerprint density at radius 3 is 2.41 bits per heavy atom. The van der Waals surface area contributed by atoms with Crippen molar-refractivity contribution < 1.29 is 18.0 Å². The van der Waals surface area contributed by atoms with E-state index >= 15 is 0 Å². The van der Waals surface area contributed by atoms with Crippen LogP contribution < -0.4 is 10.6 Å². The second-order valence-electron chi connectivity index (χ2n) is 9.35. The van der Waals surface area contributed by atoms with Gasteiger partial charge >= 0.3 is 6.18 Å². The third-order valence-corrected chi connectivity index (χ3v) is 6.76. The van der Waals surface area contributed by atoms with E-state index in [0.29, 0.717) is 28.4 Å². The van der Waals surface area contributed by atoms with Crippen LogP contribution >= 0.6 is 0 Å². The van der Waals surface area contributed by atoms with Crippen LogP contribution in [0.4, 0.5) is 18.9 Å². The monoisotopic (exact) mass is 501 g/mol. The van der Waals surface area contributed by atoms with Gasteiger partial charge in [0.25, 0.3) is 5.91 Å². The van der Waals surface area contributed by atoms with Gasteiger partial charge in [-0.15, -0.1) is 0 Å². The molecule has 188 valence electrons. The van der Waals surface area contributed by atoms with Gasteiger partial charge in [-0.3, -0.25) is 9.78 Å². The van der Waals surface area contributed by atoms with Gasteiger partial charge in [0.1, 0.15) is 0 Å². The Morgan fingerprint density at radius 1 is 0.946 bits per heavy atom. The molecule has 1 aromatic heterocycles. The predicted molar refractivity (Wildman–Crippen MR) is 138 cm³/mol.